The second-order valence-electron chi connectivity index (χ2n) is 6.81. The number of alkyl carbamates (subject to hydrolysis) is 1. The van der Waals surface area contributed by atoms with Crippen molar-refractivity contribution in [3.05, 3.63) is 41.7 Å². The number of hydrogen-bond donors (Lipinski definition) is 2. The Morgan fingerprint density at radius 1 is 1.40 bits per heavy atom. The highest BCUT2D eigenvalue weighted by Crippen LogP contribution is 2.13. The van der Waals surface area contributed by atoms with Gasteiger partial charge < -0.3 is 14.9 Å². The first-order chi connectivity index (χ1) is 14.7. The van der Waals surface area contributed by atoms with Crippen LogP contribution in [0.25, 0.3) is 0 Å². The van der Waals surface area contributed by atoms with E-state index in [1.54, 1.807) is 11.7 Å². The number of piperidine rings is 1. The molecule has 0 saturated carbocycles. The van der Waals surface area contributed by atoms with E-state index < -0.39 is 6.09 Å². The first kappa shape index (κ1) is 21.3. The summed E-state index contributed by atoms with van der Waals surface area (Å²) in [6.07, 6.45) is 7.53. The fraction of sp³-hybridized carbons (Fsp3) is 0.450. The van der Waals surface area contributed by atoms with Gasteiger partial charge in [-0.25, -0.2) is 9.48 Å². The molecule has 2 heterocycles. The fourth-order valence-electron chi connectivity index (χ4n) is 3.09. The standard InChI is InChI=1S/C20H25N7O3/c1-3-4-13-29-20(28)22-17-12-8-11-16(21-17)14-30-24-18(15-9-6-5-7-10-15)19-23-25-26-27(19)2/h1,5-7,9-10,16-17,21H,4,8,11-14H2,2H3,(H,22,28)/b24-18-. The molecule has 1 amide bonds. The Kier molecular flexibility index (Phi) is 7.74. The third-order valence-electron chi connectivity index (χ3n) is 4.56. The van der Waals surface area contributed by atoms with Crippen molar-refractivity contribution >= 4 is 11.8 Å². The van der Waals surface area contributed by atoms with Crippen LogP contribution in [0.3, 0.4) is 0 Å². The van der Waals surface area contributed by atoms with Gasteiger partial charge in [0.2, 0.25) is 5.82 Å². The zero-order chi connectivity index (χ0) is 21.2. The number of rotatable bonds is 8. The quantitative estimate of drug-likeness (QED) is 0.290. The topological polar surface area (TPSA) is 116 Å². The molecule has 30 heavy (non-hydrogen) atoms. The number of tetrazole rings is 1. The van der Waals surface area contributed by atoms with E-state index in [1.807, 2.05) is 30.3 Å². The van der Waals surface area contributed by atoms with Gasteiger partial charge >= 0.3 is 6.09 Å². The summed E-state index contributed by atoms with van der Waals surface area (Å²) in [6.45, 7) is 0.543. The molecule has 2 N–H and O–H groups in total. The highest BCUT2D eigenvalue weighted by molar-refractivity contribution is 6.10. The smallest absolute Gasteiger partial charge is 0.408 e. The zero-order valence-electron chi connectivity index (χ0n) is 16.8. The van der Waals surface area contributed by atoms with Crippen molar-refractivity contribution in [2.75, 3.05) is 13.2 Å². The monoisotopic (exact) mass is 411 g/mol. The Morgan fingerprint density at radius 2 is 2.23 bits per heavy atom. The third kappa shape index (κ3) is 6.02. The van der Waals surface area contributed by atoms with Crippen molar-refractivity contribution in [3.8, 4) is 12.3 Å². The van der Waals surface area contributed by atoms with Crippen molar-refractivity contribution in [1.82, 2.24) is 30.8 Å². The lowest BCUT2D eigenvalue weighted by atomic mass is 10.0. The Hall–Kier alpha value is -3.45. The number of benzene rings is 1. The minimum absolute atomic E-state index is 0.0353. The van der Waals surface area contributed by atoms with Gasteiger partial charge in [-0.3, -0.25) is 5.32 Å². The Balaban J connectivity index is 1.56. The molecule has 10 heteroatoms. The maximum atomic E-state index is 11.8. The SMILES string of the molecule is C#CCCOC(=O)NC1CCCC(CO/N=C(/c2ccccc2)c2nnnn2C)N1. The van der Waals surface area contributed by atoms with Gasteiger partial charge in [0, 0.05) is 25.1 Å². The maximum absolute atomic E-state index is 11.8. The lowest BCUT2D eigenvalue weighted by molar-refractivity contribution is 0.0945. The average molecular weight is 411 g/mol. The molecule has 0 aliphatic carbocycles. The molecule has 158 valence electrons. The number of aromatic nitrogens is 4. The van der Waals surface area contributed by atoms with Gasteiger partial charge in [0.25, 0.3) is 0 Å². The van der Waals surface area contributed by atoms with E-state index in [4.69, 9.17) is 16.0 Å². The van der Waals surface area contributed by atoms with Gasteiger partial charge in [-0.15, -0.1) is 17.4 Å². The number of carbonyl (C=O) groups excluding carboxylic acids is 1. The van der Waals surface area contributed by atoms with E-state index >= 15 is 0 Å². The number of aryl methyl sites for hydroxylation is 1. The number of hydrogen-bond acceptors (Lipinski definition) is 8. The number of oxime groups is 1. The number of amides is 1. The van der Waals surface area contributed by atoms with Crippen molar-refractivity contribution in [2.24, 2.45) is 12.2 Å². The zero-order valence-corrected chi connectivity index (χ0v) is 16.8. The molecule has 0 spiro atoms. The van der Waals surface area contributed by atoms with Gasteiger partial charge in [-0.1, -0.05) is 35.5 Å². The van der Waals surface area contributed by atoms with E-state index in [0.717, 1.165) is 24.8 Å². The number of ether oxygens (including phenoxy) is 1. The number of terminal acetylenes is 1. The fourth-order valence-corrected chi connectivity index (χ4v) is 3.09. The Morgan fingerprint density at radius 3 is 2.97 bits per heavy atom. The Bertz CT molecular complexity index is 891. The molecule has 0 radical (unpaired) electrons. The summed E-state index contributed by atoms with van der Waals surface area (Å²) < 4.78 is 6.57. The predicted molar refractivity (Wildman–Crippen MR) is 109 cm³/mol. The lowest BCUT2D eigenvalue weighted by Crippen LogP contribution is -2.53. The molecule has 0 bridgehead atoms. The molecule has 10 nitrogen and oxygen atoms in total. The second kappa shape index (κ2) is 10.9. The minimum atomic E-state index is -0.483. The molecule has 1 fully saturated rings. The molecule has 2 atom stereocenters. The van der Waals surface area contributed by atoms with Crippen LogP contribution in [0.2, 0.25) is 0 Å². The summed E-state index contributed by atoms with van der Waals surface area (Å²) >= 11 is 0. The van der Waals surface area contributed by atoms with Crippen LogP contribution in [0.4, 0.5) is 4.79 Å². The molecule has 1 aromatic heterocycles. The first-order valence-corrected chi connectivity index (χ1v) is 9.78. The predicted octanol–water partition coefficient (Wildman–Crippen LogP) is 1.20. The van der Waals surface area contributed by atoms with Crippen LogP contribution < -0.4 is 10.6 Å². The molecule has 2 aromatic rings. The molecule has 1 aromatic carbocycles. The van der Waals surface area contributed by atoms with Crippen LogP contribution in [-0.2, 0) is 16.6 Å². The van der Waals surface area contributed by atoms with Gasteiger partial charge in [-0.2, -0.15) is 0 Å². The largest absolute Gasteiger partial charge is 0.449 e. The molecule has 3 rings (SSSR count). The van der Waals surface area contributed by atoms with Gasteiger partial charge in [0.1, 0.15) is 13.2 Å². The van der Waals surface area contributed by atoms with E-state index in [2.05, 4.69) is 37.2 Å². The summed E-state index contributed by atoms with van der Waals surface area (Å²) in [5.41, 5.74) is 1.40. The molecule has 1 aliphatic rings. The number of nitrogens with one attached hydrogen (secondary N) is 2. The van der Waals surface area contributed by atoms with E-state index in [0.29, 0.717) is 24.6 Å². The van der Waals surface area contributed by atoms with Crippen LogP contribution in [-0.4, -0.2) is 57.4 Å². The summed E-state index contributed by atoms with van der Waals surface area (Å²) in [4.78, 5) is 17.5. The molecular weight excluding hydrogens is 386 g/mol. The van der Waals surface area contributed by atoms with E-state index in [9.17, 15) is 4.79 Å². The van der Waals surface area contributed by atoms with Gasteiger partial charge in [0.15, 0.2) is 5.71 Å². The van der Waals surface area contributed by atoms with Crippen molar-refractivity contribution in [1.29, 1.82) is 0 Å². The highest BCUT2D eigenvalue weighted by Gasteiger charge is 2.23. The molecule has 1 aliphatic heterocycles. The minimum Gasteiger partial charge on any atom is -0.449 e. The van der Waals surface area contributed by atoms with Crippen LogP contribution in [0.1, 0.15) is 37.1 Å². The van der Waals surface area contributed by atoms with Crippen LogP contribution in [0.5, 0.6) is 0 Å². The summed E-state index contributed by atoms with van der Waals surface area (Å²) in [5, 5.41) is 22.0. The Labute approximate surface area is 175 Å². The van der Waals surface area contributed by atoms with Crippen molar-refractivity contribution in [2.45, 2.75) is 37.9 Å². The molecule has 2 unspecified atom stereocenters. The summed E-state index contributed by atoms with van der Waals surface area (Å²) in [6, 6.07) is 9.62. The van der Waals surface area contributed by atoms with Crippen LogP contribution in [0.15, 0.2) is 35.5 Å². The third-order valence-corrected chi connectivity index (χ3v) is 4.56. The van der Waals surface area contributed by atoms with Gasteiger partial charge in [0.05, 0.1) is 6.17 Å². The molecular formula is C20H25N7O3. The molecule has 1 saturated heterocycles. The number of carbonyl (C=O) groups is 1. The first-order valence-electron chi connectivity index (χ1n) is 9.78. The second-order valence-corrected chi connectivity index (χ2v) is 6.81. The van der Waals surface area contributed by atoms with Crippen LogP contribution in [0, 0.1) is 12.3 Å². The average Bonchev–Trinajstić information content (AvgIpc) is 3.18. The normalized spacial score (nSPS) is 19.0. The number of nitrogens with zero attached hydrogens (tertiary/aromatic N) is 5. The van der Waals surface area contributed by atoms with E-state index in [1.165, 1.54) is 0 Å². The lowest BCUT2D eigenvalue weighted by Gasteiger charge is -2.30. The highest BCUT2D eigenvalue weighted by atomic mass is 16.6. The van der Waals surface area contributed by atoms with Crippen molar-refractivity contribution in [3.63, 3.8) is 0 Å². The summed E-state index contributed by atoms with van der Waals surface area (Å²) in [7, 11) is 1.75. The summed E-state index contributed by atoms with van der Waals surface area (Å²) in [5.74, 6) is 2.93. The van der Waals surface area contributed by atoms with Crippen molar-refractivity contribution < 1.29 is 14.4 Å². The van der Waals surface area contributed by atoms with Crippen LogP contribution >= 0.6 is 0 Å². The maximum Gasteiger partial charge on any atom is 0.408 e. The van der Waals surface area contributed by atoms with E-state index in [-0.39, 0.29) is 18.8 Å². The van der Waals surface area contributed by atoms with Gasteiger partial charge in [-0.05, 0) is 29.7 Å².